The lowest BCUT2D eigenvalue weighted by molar-refractivity contribution is 0.391. The van der Waals surface area contributed by atoms with Crippen molar-refractivity contribution in [3.8, 4) is 11.5 Å². The van der Waals surface area contributed by atoms with Gasteiger partial charge in [-0.05, 0) is 23.8 Å². The zero-order valence-corrected chi connectivity index (χ0v) is 15.5. The predicted octanol–water partition coefficient (Wildman–Crippen LogP) is 1.50. The molecule has 1 aromatic carbocycles. The van der Waals surface area contributed by atoms with Gasteiger partial charge < -0.3 is 14.8 Å². The fraction of sp³-hybridized carbons (Fsp3) is 0.375. The van der Waals surface area contributed by atoms with Gasteiger partial charge in [0.2, 0.25) is 10.0 Å². The molecule has 0 unspecified atom stereocenters. The lowest BCUT2D eigenvalue weighted by Crippen LogP contribution is -2.23. The summed E-state index contributed by atoms with van der Waals surface area (Å²) in [6, 6.07) is 7.19. The van der Waals surface area contributed by atoms with Crippen molar-refractivity contribution in [2.24, 2.45) is 0 Å². The summed E-state index contributed by atoms with van der Waals surface area (Å²) in [5.74, 6) is 1.75. The van der Waals surface area contributed by atoms with Crippen molar-refractivity contribution >= 4 is 15.8 Å². The number of nitrogens with one attached hydrogen (secondary N) is 1. The number of hydrogen-bond acceptors (Lipinski definition) is 7. The fourth-order valence-corrected chi connectivity index (χ4v) is 2.93. The molecule has 2 rings (SSSR count). The van der Waals surface area contributed by atoms with Crippen LogP contribution in [0.3, 0.4) is 0 Å². The summed E-state index contributed by atoms with van der Waals surface area (Å²) in [6.45, 7) is 0.450. The molecule has 9 heteroatoms. The van der Waals surface area contributed by atoms with Crippen molar-refractivity contribution in [1.82, 2.24) is 14.5 Å². The Morgan fingerprint density at radius 2 is 1.92 bits per heavy atom. The van der Waals surface area contributed by atoms with Crippen LogP contribution in [-0.2, 0) is 22.3 Å². The van der Waals surface area contributed by atoms with E-state index in [0.717, 1.165) is 5.56 Å². The number of sulfonamides is 1. The minimum absolute atomic E-state index is 0.129. The van der Waals surface area contributed by atoms with Crippen LogP contribution in [0.5, 0.6) is 11.5 Å². The molecule has 0 aliphatic rings. The second kappa shape index (κ2) is 8.13. The summed E-state index contributed by atoms with van der Waals surface area (Å²) >= 11 is 0. The van der Waals surface area contributed by atoms with Crippen LogP contribution in [0.25, 0.3) is 0 Å². The maximum atomic E-state index is 12.0. The SMILES string of the molecule is COc1ccc(CNc2cc(CS(=O)(=O)N(C)C)cnn2)c(OC)c1. The van der Waals surface area contributed by atoms with Gasteiger partial charge in [-0.25, -0.2) is 12.7 Å². The molecule has 1 aromatic heterocycles. The first-order valence-electron chi connectivity index (χ1n) is 7.52. The molecule has 0 aliphatic heterocycles. The molecule has 8 nitrogen and oxygen atoms in total. The number of ether oxygens (including phenoxy) is 2. The highest BCUT2D eigenvalue weighted by molar-refractivity contribution is 7.88. The summed E-state index contributed by atoms with van der Waals surface area (Å²) < 4.78 is 35.6. The van der Waals surface area contributed by atoms with Crippen molar-refractivity contribution in [1.29, 1.82) is 0 Å². The van der Waals surface area contributed by atoms with E-state index in [2.05, 4.69) is 15.5 Å². The summed E-state index contributed by atoms with van der Waals surface area (Å²) in [4.78, 5) is 0. The molecule has 0 spiro atoms. The Morgan fingerprint density at radius 1 is 1.16 bits per heavy atom. The quantitative estimate of drug-likeness (QED) is 0.756. The highest BCUT2D eigenvalue weighted by Crippen LogP contribution is 2.25. The van der Waals surface area contributed by atoms with Gasteiger partial charge in [-0.1, -0.05) is 0 Å². The van der Waals surface area contributed by atoms with Gasteiger partial charge in [0.05, 0.1) is 26.2 Å². The largest absolute Gasteiger partial charge is 0.497 e. The van der Waals surface area contributed by atoms with Crippen LogP contribution in [0.1, 0.15) is 11.1 Å². The molecular weight excluding hydrogens is 344 g/mol. The van der Waals surface area contributed by atoms with E-state index in [1.807, 2.05) is 12.1 Å². The van der Waals surface area contributed by atoms with Crippen molar-refractivity contribution in [2.75, 3.05) is 33.6 Å². The topological polar surface area (TPSA) is 93.7 Å². The number of aromatic nitrogens is 2. The number of methoxy groups -OCH3 is 2. The molecule has 1 heterocycles. The van der Waals surface area contributed by atoms with E-state index in [9.17, 15) is 8.42 Å². The molecule has 0 radical (unpaired) electrons. The molecule has 25 heavy (non-hydrogen) atoms. The van der Waals surface area contributed by atoms with Crippen LogP contribution in [0, 0.1) is 0 Å². The Bertz CT molecular complexity index is 825. The number of benzene rings is 1. The van der Waals surface area contributed by atoms with Gasteiger partial charge in [0.25, 0.3) is 0 Å². The predicted molar refractivity (Wildman–Crippen MR) is 95.2 cm³/mol. The smallest absolute Gasteiger partial charge is 0.217 e. The monoisotopic (exact) mass is 366 g/mol. The zero-order chi connectivity index (χ0) is 18.4. The standard InChI is InChI=1S/C16H22N4O4S/c1-20(2)25(21,22)11-12-7-16(19-18-9-12)17-10-13-5-6-14(23-3)8-15(13)24-4/h5-9H,10-11H2,1-4H3,(H,17,19). The summed E-state index contributed by atoms with van der Waals surface area (Å²) in [7, 11) is 2.83. The van der Waals surface area contributed by atoms with Gasteiger partial charge in [-0.2, -0.15) is 5.10 Å². The molecule has 0 atom stereocenters. The first-order chi connectivity index (χ1) is 11.9. The van der Waals surface area contributed by atoms with Crippen LogP contribution in [0.4, 0.5) is 5.82 Å². The second-order valence-electron chi connectivity index (χ2n) is 5.52. The molecule has 0 aliphatic carbocycles. The Morgan fingerprint density at radius 3 is 2.56 bits per heavy atom. The number of hydrogen-bond donors (Lipinski definition) is 1. The third kappa shape index (κ3) is 5.04. The number of nitrogens with zero attached hydrogens (tertiary/aromatic N) is 3. The molecule has 0 amide bonds. The Kier molecular flexibility index (Phi) is 6.16. The Hall–Kier alpha value is -2.39. The molecule has 0 fully saturated rings. The van der Waals surface area contributed by atoms with Crippen LogP contribution in [0.2, 0.25) is 0 Å². The third-order valence-electron chi connectivity index (χ3n) is 3.57. The molecule has 1 N–H and O–H groups in total. The first-order valence-corrected chi connectivity index (χ1v) is 9.13. The molecule has 0 saturated heterocycles. The minimum Gasteiger partial charge on any atom is -0.497 e. The molecular formula is C16H22N4O4S. The second-order valence-corrected chi connectivity index (χ2v) is 7.70. The van der Waals surface area contributed by atoms with Crippen LogP contribution >= 0.6 is 0 Å². The Balaban J connectivity index is 2.11. The highest BCUT2D eigenvalue weighted by atomic mass is 32.2. The lowest BCUT2D eigenvalue weighted by Gasteiger charge is -2.13. The van der Waals surface area contributed by atoms with Crippen molar-refractivity contribution < 1.29 is 17.9 Å². The van der Waals surface area contributed by atoms with Gasteiger partial charge in [0.15, 0.2) is 0 Å². The van der Waals surface area contributed by atoms with E-state index in [1.165, 1.54) is 24.6 Å². The van der Waals surface area contributed by atoms with Gasteiger partial charge in [0, 0.05) is 32.3 Å². The molecule has 0 saturated carbocycles. The summed E-state index contributed by atoms with van der Waals surface area (Å²) in [5.41, 5.74) is 1.48. The minimum atomic E-state index is -3.35. The summed E-state index contributed by atoms with van der Waals surface area (Å²) in [5, 5.41) is 11.0. The lowest BCUT2D eigenvalue weighted by atomic mass is 10.2. The van der Waals surface area contributed by atoms with E-state index in [1.54, 1.807) is 26.4 Å². The van der Waals surface area contributed by atoms with E-state index in [4.69, 9.17) is 9.47 Å². The average Bonchev–Trinajstić information content (AvgIpc) is 2.59. The van der Waals surface area contributed by atoms with Crippen molar-refractivity contribution in [3.05, 3.63) is 41.6 Å². The Labute approximate surface area is 147 Å². The number of anilines is 1. The average molecular weight is 366 g/mol. The van der Waals surface area contributed by atoms with E-state index < -0.39 is 10.0 Å². The van der Waals surface area contributed by atoms with Gasteiger partial charge in [0.1, 0.15) is 17.3 Å². The fourth-order valence-electron chi connectivity index (χ4n) is 2.10. The van der Waals surface area contributed by atoms with E-state index in [0.29, 0.717) is 29.4 Å². The third-order valence-corrected chi connectivity index (χ3v) is 5.38. The normalized spacial score (nSPS) is 11.4. The highest BCUT2D eigenvalue weighted by Gasteiger charge is 2.15. The zero-order valence-electron chi connectivity index (χ0n) is 14.7. The molecule has 136 valence electrons. The number of rotatable bonds is 8. The van der Waals surface area contributed by atoms with E-state index in [-0.39, 0.29) is 5.75 Å². The first kappa shape index (κ1) is 18.9. The van der Waals surface area contributed by atoms with Gasteiger partial charge in [-0.3, -0.25) is 0 Å². The van der Waals surface area contributed by atoms with Gasteiger partial charge in [-0.15, -0.1) is 5.10 Å². The van der Waals surface area contributed by atoms with E-state index >= 15 is 0 Å². The maximum Gasteiger partial charge on any atom is 0.217 e. The molecule has 0 bridgehead atoms. The summed E-state index contributed by atoms with van der Waals surface area (Å²) in [6.07, 6.45) is 1.44. The van der Waals surface area contributed by atoms with Crippen LogP contribution < -0.4 is 14.8 Å². The van der Waals surface area contributed by atoms with Crippen molar-refractivity contribution in [3.63, 3.8) is 0 Å². The van der Waals surface area contributed by atoms with Crippen molar-refractivity contribution in [2.45, 2.75) is 12.3 Å². The van der Waals surface area contributed by atoms with Gasteiger partial charge >= 0.3 is 0 Å². The molecule has 2 aromatic rings. The van der Waals surface area contributed by atoms with Crippen LogP contribution in [-0.4, -0.2) is 51.2 Å². The maximum absolute atomic E-state index is 12.0. The van der Waals surface area contributed by atoms with Crippen LogP contribution in [0.15, 0.2) is 30.5 Å².